The second kappa shape index (κ2) is 5.44. The van der Waals surface area contributed by atoms with Crippen molar-refractivity contribution in [2.75, 3.05) is 11.1 Å². The first-order chi connectivity index (χ1) is 9.79. The molecule has 0 spiro atoms. The number of nitrogen functional groups attached to an aromatic ring is 1. The van der Waals surface area contributed by atoms with Crippen LogP contribution in [0.25, 0.3) is 0 Å². The van der Waals surface area contributed by atoms with Crippen molar-refractivity contribution in [2.24, 2.45) is 0 Å². The predicted octanol–water partition coefficient (Wildman–Crippen LogP) is 2.65. The average molecular weight is 265 g/mol. The average Bonchev–Trinajstić information content (AvgIpc) is 2.87. The standard InChI is InChI=1S/C15H15N5/c16-14-7-4-8-15(19-14)18-13-9-17-20(11-13)10-12-5-2-1-3-6-12/h1-9,11H,10H2,(H3,16,18,19). The molecule has 5 nitrogen and oxygen atoms in total. The van der Waals surface area contributed by atoms with E-state index in [1.807, 2.05) is 41.2 Å². The van der Waals surface area contributed by atoms with E-state index in [9.17, 15) is 0 Å². The van der Waals surface area contributed by atoms with Crippen LogP contribution in [0, 0.1) is 0 Å². The van der Waals surface area contributed by atoms with Crippen molar-refractivity contribution in [1.82, 2.24) is 14.8 Å². The van der Waals surface area contributed by atoms with Gasteiger partial charge in [-0.2, -0.15) is 5.10 Å². The van der Waals surface area contributed by atoms with Gasteiger partial charge in [-0.3, -0.25) is 4.68 Å². The first kappa shape index (κ1) is 12.2. The van der Waals surface area contributed by atoms with E-state index in [0.717, 1.165) is 12.2 Å². The zero-order chi connectivity index (χ0) is 13.8. The molecule has 20 heavy (non-hydrogen) atoms. The molecule has 2 aromatic heterocycles. The molecule has 0 aliphatic heterocycles. The molecule has 0 unspecified atom stereocenters. The molecule has 100 valence electrons. The highest BCUT2D eigenvalue weighted by Gasteiger charge is 2.01. The van der Waals surface area contributed by atoms with Gasteiger partial charge >= 0.3 is 0 Å². The van der Waals surface area contributed by atoms with Crippen molar-refractivity contribution in [3.63, 3.8) is 0 Å². The van der Waals surface area contributed by atoms with Gasteiger partial charge in [0.25, 0.3) is 0 Å². The monoisotopic (exact) mass is 265 g/mol. The summed E-state index contributed by atoms with van der Waals surface area (Å²) in [6.45, 7) is 0.743. The highest BCUT2D eigenvalue weighted by atomic mass is 15.3. The van der Waals surface area contributed by atoms with E-state index in [-0.39, 0.29) is 0 Å². The first-order valence-corrected chi connectivity index (χ1v) is 6.35. The third kappa shape index (κ3) is 2.95. The third-order valence-electron chi connectivity index (χ3n) is 2.86. The summed E-state index contributed by atoms with van der Waals surface area (Å²) >= 11 is 0. The van der Waals surface area contributed by atoms with Crippen LogP contribution in [0.1, 0.15) is 5.56 Å². The highest BCUT2D eigenvalue weighted by Crippen LogP contribution is 2.15. The SMILES string of the molecule is Nc1cccc(Nc2cnn(Cc3ccccc3)c2)n1. The molecule has 0 radical (unpaired) electrons. The molecule has 0 aliphatic carbocycles. The summed E-state index contributed by atoms with van der Waals surface area (Å²) in [5, 5.41) is 7.50. The Morgan fingerprint density at radius 3 is 2.70 bits per heavy atom. The maximum absolute atomic E-state index is 5.65. The number of hydrogen-bond acceptors (Lipinski definition) is 4. The minimum atomic E-state index is 0.492. The lowest BCUT2D eigenvalue weighted by Gasteiger charge is -2.03. The lowest BCUT2D eigenvalue weighted by Crippen LogP contribution is -1.99. The summed E-state index contributed by atoms with van der Waals surface area (Å²) < 4.78 is 1.88. The number of rotatable bonds is 4. The Morgan fingerprint density at radius 1 is 1.05 bits per heavy atom. The van der Waals surface area contributed by atoms with E-state index in [4.69, 9.17) is 5.73 Å². The summed E-state index contributed by atoms with van der Waals surface area (Å²) in [6.07, 6.45) is 3.71. The second-order valence-corrected chi connectivity index (χ2v) is 4.48. The van der Waals surface area contributed by atoms with E-state index in [2.05, 4.69) is 27.5 Å². The molecule has 0 bridgehead atoms. The number of aromatic nitrogens is 3. The van der Waals surface area contributed by atoms with Gasteiger partial charge in [0.15, 0.2) is 0 Å². The van der Waals surface area contributed by atoms with Gasteiger partial charge < -0.3 is 11.1 Å². The molecular formula is C15H15N5. The Balaban J connectivity index is 1.71. The second-order valence-electron chi connectivity index (χ2n) is 4.48. The molecule has 0 aliphatic rings. The predicted molar refractivity (Wildman–Crippen MR) is 79.7 cm³/mol. The zero-order valence-corrected chi connectivity index (χ0v) is 10.9. The Morgan fingerprint density at radius 2 is 1.90 bits per heavy atom. The van der Waals surface area contributed by atoms with Gasteiger partial charge in [0.1, 0.15) is 11.6 Å². The number of nitrogens with two attached hydrogens (primary N) is 1. The third-order valence-corrected chi connectivity index (χ3v) is 2.86. The molecule has 0 fully saturated rings. The van der Waals surface area contributed by atoms with Crippen LogP contribution in [-0.2, 0) is 6.54 Å². The van der Waals surface area contributed by atoms with Gasteiger partial charge in [-0.05, 0) is 17.7 Å². The molecular weight excluding hydrogens is 250 g/mol. The minimum absolute atomic E-state index is 0.492. The quantitative estimate of drug-likeness (QED) is 0.761. The van der Waals surface area contributed by atoms with Crippen LogP contribution >= 0.6 is 0 Å². The number of hydrogen-bond donors (Lipinski definition) is 2. The molecule has 1 aromatic carbocycles. The van der Waals surface area contributed by atoms with Crippen LogP contribution in [0.15, 0.2) is 60.9 Å². The Hall–Kier alpha value is -2.82. The largest absolute Gasteiger partial charge is 0.384 e. The molecule has 0 atom stereocenters. The van der Waals surface area contributed by atoms with Crippen LogP contribution < -0.4 is 11.1 Å². The number of anilines is 3. The number of pyridine rings is 1. The van der Waals surface area contributed by atoms with Crippen LogP contribution in [0.4, 0.5) is 17.3 Å². The van der Waals surface area contributed by atoms with Gasteiger partial charge in [-0.1, -0.05) is 36.4 Å². The van der Waals surface area contributed by atoms with Crippen LogP contribution in [0.2, 0.25) is 0 Å². The molecule has 0 amide bonds. The lowest BCUT2D eigenvalue weighted by atomic mass is 10.2. The van der Waals surface area contributed by atoms with Crippen molar-refractivity contribution in [3.05, 3.63) is 66.5 Å². The lowest BCUT2D eigenvalue weighted by molar-refractivity contribution is 0.687. The van der Waals surface area contributed by atoms with E-state index < -0.39 is 0 Å². The molecule has 3 rings (SSSR count). The van der Waals surface area contributed by atoms with Crippen molar-refractivity contribution >= 4 is 17.3 Å². The van der Waals surface area contributed by atoms with Crippen molar-refractivity contribution in [3.8, 4) is 0 Å². The van der Waals surface area contributed by atoms with Crippen molar-refractivity contribution in [2.45, 2.75) is 6.54 Å². The fraction of sp³-hybridized carbons (Fsp3) is 0.0667. The van der Waals surface area contributed by atoms with Crippen molar-refractivity contribution in [1.29, 1.82) is 0 Å². The van der Waals surface area contributed by atoms with E-state index in [0.29, 0.717) is 11.6 Å². The van der Waals surface area contributed by atoms with Crippen molar-refractivity contribution < 1.29 is 0 Å². The molecule has 5 heteroatoms. The summed E-state index contributed by atoms with van der Waals surface area (Å²) in [7, 11) is 0. The number of benzene rings is 1. The zero-order valence-electron chi connectivity index (χ0n) is 10.9. The summed E-state index contributed by atoms with van der Waals surface area (Å²) in [4.78, 5) is 4.19. The highest BCUT2D eigenvalue weighted by molar-refractivity contribution is 5.55. The first-order valence-electron chi connectivity index (χ1n) is 6.35. The minimum Gasteiger partial charge on any atom is -0.384 e. The Bertz CT molecular complexity index is 690. The maximum atomic E-state index is 5.65. The van der Waals surface area contributed by atoms with Gasteiger partial charge in [-0.25, -0.2) is 4.98 Å². The summed E-state index contributed by atoms with van der Waals surface area (Å²) in [5.74, 6) is 1.20. The molecule has 0 saturated carbocycles. The topological polar surface area (TPSA) is 68.8 Å². The molecule has 0 saturated heterocycles. The van der Waals surface area contributed by atoms with E-state index in [1.54, 1.807) is 12.3 Å². The van der Waals surface area contributed by atoms with Crippen LogP contribution in [0.3, 0.4) is 0 Å². The molecule has 3 N–H and O–H groups in total. The summed E-state index contributed by atoms with van der Waals surface area (Å²) in [6, 6.07) is 15.7. The normalized spacial score (nSPS) is 10.4. The fourth-order valence-electron chi connectivity index (χ4n) is 1.95. The van der Waals surface area contributed by atoms with E-state index in [1.165, 1.54) is 5.56 Å². The van der Waals surface area contributed by atoms with E-state index >= 15 is 0 Å². The maximum Gasteiger partial charge on any atom is 0.132 e. The van der Waals surface area contributed by atoms with Crippen LogP contribution in [0.5, 0.6) is 0 Å². The number of nitrogens with one attached hydrogen (secondary N) is 1. The Labute approximate surface area is 117 Å². The molecule has 3 aromatic rings. The summed E-state index contributed by atoms with van der Waals surface area (Å²) in [5.41, 5.74) is 7.75. The van der Waals surface area contributed by atoms with Gasteiger partial charge in [-0.15, -0.1) is 0 Å². The van der Waals surface area contributed by atoms with Gasteiger partial charge in [0.2, 0.25) is 0 Å². The fourth-order valence-corrected chi connectivity index (χ4v) is 1.95. The van der Waals surface area contributed by atoms with Crippen LogP contribution in [-0.4, -0.2) is 14.8 Å². The number of nitrogens with zero attached hydrogens (tertiary/aromatic N) is 3. The Kier molecular flexibility index (Phi) is 3.33. The smallest absolute Gasteiger partial charge is 0.132 e. The van der Waals surface area contributed by atoms with Gasteiger partial charge in [0, 0.05) is 6.20 Å². The molecule has 2 heterocycles. The van der Waals surface area contributed by atoms with Gasteiger partial charge in [0.05, 0.1) is 18.4 Å².